The van der Waals surface area contributed by atoms with Crippen molar-refractivity contribution < 1.29 is 4.79 Å². The normalized spacial score (nSPS) is 18.5. The fourth-order valence-corrected chi connectivity index (χ4v) is 2.63. The van der Waals surface area contributed by atoms with E-state index in [0.29, 0.717) is 6.54 Å². The average molecular weight is 291 g/mol. The number of anilines is 2. The van der Waals surface area contributed by atoms with Crippen LogP contribution in [0.4, 0.5) is 11.6 Å². The van der Waals surface area contributed by atoms with Crippen LogP contribution in [-0.2, 0) is 11.2 Å². The zero-order valence-corrected chi connectivity index (χ0v) is 13.1. The van der Waals surface area contributed by atoms with Gasteiger partial charge in [0, 0.05) is 32.1 Å². The molecule has 0 saturated carbocycles. The Morgan fingerprint density at radius 3 is 2.86 bits per heavy atom. The standard InChI is InChI=1S/C15H25N5O/c1-4-7-12-18-13(16-6-3)10-14(19-12)20-9-8-17-15(21)11(20)5-2/h10-11H,4-9H2,1-3H3,(H,17,21)(H,16,18,19). The molecule has 1 aliphatic heterocycles. The lowest BCUT2D eigenvalue weighted by molar-refractivity contribution is -0.123. The van der Waals surface area contributed by atoms with Crippen molar-refractivity contribution in [1.29, 1.82) is 0 Å². The van der Waals surface area contributed by atoms with Crippen molar-refractivity contribution in [1.82, 2.24) is 15.3 Å². The maximum atomic E-state index is 12.0. The number of aryl methyl sites for hydroxylation is 1. The van der Waals surface area contributed by atoms with Crippen molar-refractivity contribution in [3.05, 3.63) is 11.9 Å². The Morgan fingerprint density at radius 2 is 2.19 bits per heavy atom. The van der Waals surface area contributed by atoms with Crippen LogP contribution in [0.25, 0.3) is 0 Å². The van der Waals surface area contributed by atoms with Gasteiger partial charge in [0.1, 0.15) is 23.5 Å². The number of piperazine rings is 1. The SMILES string of the molecule is CCCc1nc(NCC)cc(N2CCNC(=O)C2CC)n1. The van der Waals surface area contributed by atoms with Crippen LogP contribution in [-0.4, -0.2) is 41.6 Å². The quantitative estimate of drug-likeness (QED) is 0.832. The predicted octanol–water partition coefficient (Wildman–Crippen LogP) is 1.58. The summed E-state index contributed by atoms with van der Waals surface area (Å²) in [4.78, 5) is 23.3. The molecule has 1 unspecified atom stereocenters. The predicted molar refractivity (Wildman–Crippen MR) is 84.6 cm³/mol. The number of hydrogen-bond acceptors (Lipinski definition) is 5. The Morgan fingerprint density at radius 1 is 1.38 bits per heavy atom. The van der Waals surface area contributed by atoms with E-state index in [2.05, 4.69) is 32.4 Å². The largest absolute Gasteiger partial charge is 0.370 e. The number of hydrogen-bond donors (Lipinski definition) is 2. The highest BCUT2D eigenvalue weighted by molar-refractivity contribution is 5.86. The topological polar surface area (TPSA) is 70.2 Å². The van der Waals surface area contributed by atoms with Crippen LogP contribution in [0.1, 0.15) is 39.4 Å². The Hall–Kier alpha value is -1.85. The van der Waals surface area contributed by atoms with Gasteiger partial charge in [0.2, 0.25) is 5.91 Å². The van der Waals surface area contributed by atoms with E-state index in [1.54, 1.807) is 0 Å². The summed E-state index contributed by atoms with van der Waals surface area (Å²) in [6, 6.07) is 1.81. The Kier molecular flexibility index (Phi) is 5.36. The smallest absolute Gasteiger partial charge is 0.242 e. The third-order valence-corrected chi connectivity index (χ3v) is 3.60. The maximum absolute atomic E-state index is 12.0. The Labute approximate surface area is 126 Å². The van der Waals surface area contributed by atoms with Gasteiger partial charge in [-0.25, -0.2) is 9.97 Å². The van der Waals surface area contributed by atoms with Gasteiger partial charge in [0.25, 0.3) is 0 Å². The van der Waals surface area contributed by atoms with E-state index >= 15 is 0 Å². The van der Waals surface area contributed by atoms with E-state index in [-0.39, 0.29) is 11.9 Å². The van der Waals surface area contributed by atoms with E-state index < -0.39 is 0 Å². The van der Waals surface area contributed by atoms with E-state index in [4.69, 9.17) is 0 Å². The number of nitrogens with one attached hydrogen (secondary N) is 2. The first-order chi connectivity index (χ1) is 10.2. The van der Waals surface area contributed by atoms with Crippen LogP contribution in [0, 0.1) is 0 Å². The minimum Gasteiger partial charge on any atom is -0.370 e. The fraction of sp³-hybridized carbons (Fsp3) is 0.667. The molecule has 0 spiro atoms. The summed E-state index contributed by atoms with van der Waals surface area (Å²) < 4.78 is 0. The molecule has 1 aromatic heterocycles. The summed E-state index contributed by atoms with van der Waals surface area (Å²) in [6.45, 7) is 8.47. The summed E-state index contributed by atoms with van der Waals surface area (Å²) >= 11 is 0. The first-order valence-electron chi connectivity index (χ1n) is 7.85. The van der Waals surface area contributed by atoms with Crippen molar-refractivity contribution >= 4 is 17.5 Å². The van der Waals surface area contributed by atoms with Crippen molar-refractivity contribution in [2.75, 3.05) is 29.9 Å². The van der Waals surface area contributed by atoms with E-state index in [9.17, 15) is 4.79 Å². The molecule has 1 amide bonds. The van der Waals surface area contributed by atoms with Gasteiger partial charge in [-0.05, 0) is 19.8 Å². The third-order valence-electron chi connectivity index (χ3n) is 3.60. The molecular weight excluding hydrogens is 266 g/mol. The monoisotopic (exact) mass is 291 g/mol. The minimum atomic E-state index is -0.141. The molecule has 1 saturated heterocycles. The summed E-state index contributed by atoms with van der Waals surface area (Å²) in [7, 11) is 0. The number of nitrogens with zero attached hydrogens (tertiary/aromatic N) is 3. The summed E-state index contributed by atoms with van der Waals surface area (Å²) in [5.74, 6) is 2.62. The molecule has 1 aliphatic rings. The highest BCUT2D eigenvalue weighted by Crippen LogP contribution is 2.21. The van der Waals surface area contributed by atoms with Gasteiger partial charge in [0.05, 0.1) is 0 Å². The van der Waals surface area contributed by atoms with Crippen molar-refractivity contribution in [3.63, 3.8) is 0 Å². The fourth-order valence-electron chi connectivity index (χ4n) is 2.63. The molecule has 6 nitrogen and oxygen atoms in total. The lowest BCUT2D eigenvalue weighted by Gasteiger charge is -2.35. The second-order valence-electron chi connectivity index (χ2n) is 5.22. The third kappa shape index (κ3) is 3.62. The molecule has 2 N–H and O–H groups in total. The lowest BCUT2D eigenvalue weighted by atomic mass is 10.1. The summed E-state index contributed by atoms with van der Waals surface area (Å²) in [5.41, 5.74) is 0. The molecule has 1 aromatic rings. The Bertz CT molecular complexity index is 467. The van der Waals surface area contributed by atoms with Crippen molar-refractivity contribution in [2.45, 2.75) is 46.1 Å². The van der Waals surface area contributed by atoms with Gasteiger partial charge in [0.15, 0.2) is 0 Å². The van der Waals surface area contributed by atoms with Gasteiger partial charge in [-0.2, -0.15) is 0 Å². The second-order valence-corrected chi connectivity index (χ2v) is 5.22. The molecular formula is C15H25N5O. The van der Waals surface area contributed by atoms with E-state index in [0.717, 1.165) is 49.8 Å². The van der Waals surface area contributed by atoms with Crippen LogP contribution in [0.5, 0.6) is 0 Å². The zero-order valence-electron chi connectivity index (χ0n) is 13.1. The minimum absolute atomic E-state index is 0.0874. The highest BCUT2D eigenvalue weighted by Gasteiger charge is 2.29. The van der Waals surface area contributed by atoms with Gasteiger partial charge in [-0.15, -0.1) is 0 Å². The highest BCUT2D eigenvalue weighted by atomic mass is 16.2. The molecule has 1 atom stereocenters. The van der Waals surface area contributed by atoms with E-state index in [1.165, 1.54) is 0 Å². The van der Waals surface area contributed by atoms with Gasteiger partial charge in [-0.3, -0.25) is 4.79 Å². The molecule has 0 bridgehead atoms. The number of rotatable bonds is 6. The van der Waals surface area contributed by atoms with Crippen LogP contribution in [0.2, 0.25) is 0 Å². The van der Waals surface area contributed by atoms with Crippen LogP contribution >= 0.6 is 0 Å². The molecule has 1 fully saturated rings. The van der Waals surface area contributed by atoms with Gasteiger partial charge < -0.3 is 15.5 Å². The van der Waals surface area contributed by atoms with Crippen molar-refractivity contribution in [3.8, 4) is 0 Å². The molecule has 21 heavy (non-hydrogen) atoms. The van der Waals surface area contributed by atoms with Crippen molar-refractivity contribution in [2.24, 2.45) is 0 Å². The Balaban J connectivity index is 2.33. The summed E-state index contributed by atoms with van der Waals surface area (Å²) in [5, 5.41) is 6.17. The zero-order chi connectivity index (χ0) is 15.2. The number of aromatic nitrogens is 2. The van der Waals surface area contributed by atoms with Crippen LogP contribution in [0.15, 0.2) is 6.07 Å². The van der Waals surface area contributed by atoms with Gasteiger partial charge >= 0.3 is 0 Å². The van der Waals surface area contributed by atoms with Crippen LogP contribution < -0.4 is 15.5 Å². The first-order valence-corrected chi connectivity index (χ1v) is 7.85. The molecule has 2 rings (SSSR count). The number of carbonyl (C=O) groups is 1. The molecule has 0 radical (unpaired) electrons. The first kappa shape index (κ1) is 15.5. The average Bonchev–Trinajstić information content (AvgIpc) is 2.47. The molecule has 2 heterocycles. The van der Waals surface area contributed by atoms with Gasteiger partial charge in [-0.1, -0.05) is 13.8 Å². The second kappa shape index (κ2) is 7.24. The number of carbonyl (C=O) groups excluding carboxylic acids is 1. The molecule has 6 heteroatoms. The number of amides is 1. The lowest BCUT2D eigenvalue weighted by Crippen LogP contribution is -2.55. The van der Waals surface area contributed by atoms with E-state index in [1.807, 2.05) is 19.9 Å². The van der Waals surface area contributed by atoms with Crippen LogP contribution in [0.3, 0.4) is 0 Å². The maximum Gasteiger partial charge on any atom is 0.242 e. The molecule has 116 valence electrons. The molecule has 0 aliphatic carbocycles. The molecule has 0 aromatic carbocycles. The summed E-state index contributed by atoms with van der Waals surface area (Å²) in [6.07, 6.45) is 2.63.